The van der Waals surface area contributed by atoms with Gasteiger partial charge in [0.2, 0.25) is 5.91 Å². The van der Waals surface area contributed by atoms with Gasteiger partial charge in [0.15, 0.2) is 0 Å². The normalized spacial score (nSPS) is 10.3. The van der Waals surface area contributed by atoms with Gasteiger partial charge in [-0.2, -0.15) is 5.10 Å². The molecule has 1 aromatic heterocycles. The van der Waals surface area contributed by atoms with Crippen molar-refractivity contribution in [1.29, 1.82) is 0 Å². The molecular weight excluding hydrogens is 318 g/mol. The van der Waals surface area contributed by atoms with Gasteiger partial charge < -0.3 is 10.1 Å². The van der Waals surface area contributed by atoms with E-state index in [9.17, 15) is 9.59 Å². The highest BCUT2D eigenvalue weighted by atomic mass is 16.5. The third-order valence-electron chi connectivity index (χ3n) is 3.51. The van der Waals surface area contributed by atoms with Crippen LogP contribution in [0.1, 0.15) is 6.92 Å². The zero-order valence-corrected chi connectivity index (χ0v) is 13.9. The van der Waals surface area contributed by atoms with Crippen LogP contribution in [0.2, 0.25) is 0 Å². The number of rotatable bonds is 4. The summed E-state index contributed by atoms with van der Waals surface area (Å²) in [7, 11) is 1.58. The van der Waals surface area contributed by atoms with Gasteiger partial charge in [0.05, 0.1) is 5.69 Å². The maximum atomic E-state index is 11.6. The van der Waals surface area contributed by atoms with Gasteiger partial charge in [0.25, 0.3) is 5.56 Å². The standard InChI is InChI=1S/C19H17N3O3/c1-13(23)20-14-8-10-18(25-15-6-4-3-5-7-15)16(12-14)17-9-11-19(24)22(2)21-17/h3-12H,1-2H3,(H,20,23). The van der Waals surface area contributed by atoms with Gasteiger partial charge >= 0.3 is 0 Å². The lowest BCUT2D eigenvalue weighted by Crippen LogP contribution is -2.18. The molecule has 0 fully saturated rings. The first-order valence-electron chi connectivity index (χ1n) is 7.72. The van der Waals surface area contributed by atoms with Crippen LogP contribution in [0.25, 0.3) is 11.3 Å². The molecular formula is C19H17N3O3. The summed E-state index contributed by atoms with van der Waals surface area (Å²) in [5.41, 5.74) is 1.66. The van der Waals surface area contributed by atoms with Crippen molar-refractivity contribution >= 4 is 11.6 Å². The Labute approximate surface area is 144 Å². The largest absolute Gasteiger partial charge is 0.457 e. The molecule has 1 N–H and O–H groups in total. The second kappa shape index (κ2) is 7.00. The van der Waals surface area contributed by atoms with Gasteiger partial charge in [0, 0.05) is 31.3 Å². The molecule has 0 aliphatic carbocycles. The van der Waals surface area contributed by atoms with Crippen molar-refractivity contribution in [2.24, 2.45) is 7.05 Å². The van der Waals surface area contributed by atoms with E-state index in [4.69, 9.17) is 4.74 Å². The van der Waals surface area contributed by atoms with E-state index in [1.165, 1.54) is 17.7 Å². The van der Waals surface area contributed by atoms with Gasteiger partial charge in [-0.1, -0.05) is 18.2 Å². The monoisotopic (exact) mass is 335 g/mol. The molecule has 2 aromatic carbocycles. The average Bonchev–Trinajstić information content (AvgIpc) is 2.59. The number of benzene rings is 2. The van der Waals surface area contributed by atoms with Crippen molar-refractivity contribution in [2.45, 2.75) is 6.92 Å². The van der Waals surface area contributed by atoms with Gasteiger partial charge in [-0.3, -0.25) is 9.59 Å². The van der Waals surface area contributed by atoms with E-state index in [0.29, 0.717) is 28.4 Å². The Morgan fingerprint density at radius 3 is 2.52 bits per heavy atom. The fourth-order valence-electron chi connectivity index (χ4n) is 2.36. The lowest BCUT2D eigenvalue weighted by atomic mass is 10.1. The molecule has 0 radical (unpaired) electrons. The molecule has 0 saturated heterocycles. The van der Waals surface area contributed by atoms with Crippen LogP contribution in [0.3, 0.4) is 0 Å². The van der Waals surface area contributed by atoms with Crippen molar-refractivity contribution in [3.05, 3.63) is 71.0 Å². The van der Waals surface area contributed by atoms with Crippen LogP contribution in [0, 0.1) is 0 Å². The third-order valence-corrected chi connectivity index (χ3v) is 3.51. The first-order valence-corrected chi connectivity index (χ1v) is 7.72. The zero-order chi connectivity index (χ0) is 17.8. The van der Waals surface area contributed by atoms with E-state index in [-0.39, 0.29) is 11.5 Å². The van der Waals surface area contributed by atoms with Gasteiger partial charge in [-0.15, -0.1) is 0 Å². The fraction of sp³-hybridized carbons (Fsp3) is 0.105. The number of ether oxygens (including phenoxy) is 1. The van der Waals surface area contributed by atoms with Crippen molar-refractivity contribution in [1.82, 2.24) is 9.78 Å². The maximum Gasteiger partial charge on any atom is 0.266 e. The number of nitrogens with one attached hydrogen (secondary N) is 1. The molecule has 0 bridgehead atoms. The molecule has 0 spiro atoms. The third kappa shape index (κ3) is 3.92. The maximum absolute atomic E-state index is 11.6. The van der Waals surface area contributed by atoms with Gasteiger partial charge in [0.1, 0.15) is 11.5 Å². The van der Waals surface area contributed by atoms with Crippen LogP contribution in [0.5, 0.6) is 11.5 Å². The van der Waals surface area contributed by atoms with Crippen molar-refractivity contribution in [3.63, 3.8) is 0 Å². The second-order valence-electron chi connectivity index (χ2n) is 5.49. The Balaban J connectivity index is 2.08. The number of hydrogen-bond donors (Lipinski definition) is 1. The van der Waals surface area contributed by atoms with E-state index in [1.807, 2.05) is 30.3 Å². The van der Waals surface area contributed by atoms with Gasteiger partial charge in [-0.25, -0.2) is 4.68 Å². The number of nitrogens with zero attached hydrogens (tertiary/aromatic N) is 2. The summed E-state index contributed by atoms with van der Waals surface area (Å²) in [6.45, 7) is 1.44. The molecule has 1 heterocycles. The van der Waals surface area contributed by atoms with Crippen LogP contribution in [0.15, 0.2) is 65.5 Å². The number of aromatic nitrogens is 2. The van der Waals surface area contributed by atoms with E-state index >= 15 is 0 Å². The molecule has 0 aliphatic heterocycles. The molecule has 126 valence electrons. The van der Waals surface area contributed by atoms with E-state index < -0.39 is 0 Å². The van der Waals surface area contributed by atoms with Gasteiger partial charge in [-0.05, 0) is 36.4 Å². The second-order valence-corrected chi connectivity index (χ2v) is 5.49. The Kier molecular flexibility index (Phi) is 4.61. The van der Waals surface area contributed by atoms with Crippen LogP contribution in [-0.4, -0.2) is 15.7 Å². The van der Waals surface area contributed by atoms with Crippen LogP contribution >= 0.6 is 0 Å². The molecule has 0 unspecified atom stereocenters. The summed E-state index contributed by atoms with van der Waals surface area (Å²) in [4.78, 5) is 22.9. The number of anilines is 1. The molecule has 0 atom stereocenters. The number of carbonyl (C=O) groups is 1. The molecule has 3 rings (SSSR count). The first-order chi connectivity index (χ1) is 12.0. The summed E-state index contributed by atoms with van der Waals surface area (Å²) < 4.78 is 7.21. The van der Waals surface area contributed by atoms with E-state index in [2.05, 4.69) is 10.4 Å². The summed E-state index contributed by atoms with van der Waals surface area (Å²) in [6, 6.07) is 17.7. The average molecular weight is 335 g/mol. The van der Waals surface area contributed by atoms with E-state index in [0.717, 1.165) is 0 Å². The number of carbonyl (C=O) groups excluding carboxylic acids is 1. The molecule has 0 saturated carbocycles. The number of aryl methyl sites for hydroxylation is 1. The van der Waals surface area contributed by atoms with Crippen molar-refractivity contribution < 1.29 is 9.53 Å². The summed E-state index contributed by atoms with van der Waals surface area (Å²) in [5.74, 6) is 1.09. The topological polar surface area (TPSA) is 73.2 Å². The molecule has 6 nitrogen and oxygen atoms in total. The Bertz CT molecular complexity index is 965. The quantitative estimate of drug-likeness (QED) is 0.794. The van der Waals surface area contributed by atoms with E-state index in [1.54, 1.807) is 31.3 Å². The molecule has 3 aromatic rings. The van der Waals surface area contributed by atoms with Crippen molar-refractivity contribution in [3.8, 4) is 22.8 Å². The summed E-state index contributed by atoms with van der Waals surface area (Å²) in [6.07, 6.45) is 0. The number of hydrogen-bond acceptors (Lipinski definition) is 4. The first kappa shape index (κ1) is 16.4. The minimum absolute atomic E-state index is 0.170. The highest BCUT2D eigenvalue weighted by Crippen LogP contribution is 2.34. The number of amides is 1. The SMILES string of the molecule is CC(=O)Nc1ccc(Oc2ccccc2)c(-c2ccc(=O)n(C)n2)c1. The highest BCUT2D eigenvalue weighted by Gasteiger charge is 2.12. The lowest BCUT2D eigenvalue weighted by molar-refractivity contribution is -0.114. The smallest absolute Gasteiger partial charge is 0.266 e. The Morgan fingerprint density at radius 1 is 1.08 bits per heavy atom. The lowest BCUT2D eigenvalue weighted by Gasteiger charge is -2.13. The highest BCUT2D eigenvalue weighted by molar-refractivity contribution is 5.90. The predicted octanol–water partition coefficient (Wildman–Crippen LogP) is 3.20. The molecule has 6 heteroatoms. The zero-order valence-electron chi connectivity index (χ0n) is 13.9. The number of para-hydroxylation sites is 1. The molecule has 1 amide bonds. The fourth-order valence-corrected chi connectivity index (χ4v) is 2.36. The Morgan fingerprint density at radius 2 is 1.84 bits per heavy atom. The van der Waals surface area contributed by atoms with Crippen LogP contribution in [-0.2, 0) is 11.8 Å². The summed E-state index contributed by atoms with van der Waals surface area (Å²) in [5, 5.41) is 7.02. The predicted molar refractivity (Wildman–Crippen MR) is 95.7 cm³/mol. The summed E-state index contributed by atoms with van der Waals surface area (Å²) >= 11 is 0. The van der Waals surface area contributed by atoms with Crippen molar-refractivity contribution in [2.75, 3.05) is 5.32 Å². The Hall–Kier alpha value is -3.41. The molecule has 0 aliphatic rings. The van der Waals surface area contributed by atoms with Crippen LogP contribution in [0.4, 0.5) is 5.69 Å². The minimum Gasteiger partial charge on any atom is -0.457 e. The molecule has 25 heavy (non-hydrogen) atoms. The minimum atomic E-state index is -0.202. The van der Waals surface area contributed by atoms with Crippen LogP contribution < -0.4 is 15.6 Å².